The van der Waals surface area contributed by atoms with Crippen LogP contribution >= 0.6 is 0 Å². The molecule has 2 atom stereocenters. The average Bonchev–Trinajstić information content (AvgIpc) is 2.98. The Balaban J connectivity index is 2.04. The zero-order valence-corrected chi connectivity index (χ0v) is 15.0. The first-order valence-corrected chi connectivity index (χ1v) is 10.1. The maximum Gasteiger partial charge on any atom is 0.258 e. The van der Waals surface area contributed by atoms with Crippen molar-refractivity contribution in [2.45, 2.75) is 11.1 Å². The molecule has 0 amide bonds. The van der Waals surface area contributed by atoms with E-state index in [1.54, 1.807) is 25.2 Å². The Bertz CT molecular complexity index is 876. The van der Waals surface area contributed by atoms with Crippen LogP contribution in [0.3, 0.4) is 0 Å². The maximum absolute atomic E-state index is 13.0. The first kappa shape index (κ1) is 18.0. The lowest BCUT2D eigenvalue weighted by molar-refractivity contribution is 0.0540. The third kappa shape index (κ3) is 3.45. The van der Waals surface area contributed by atoms with E-state index in [1.165, 1.54) is 17.3 Å². The molecule has 0 saturated carbocycles. The number of anilines is 1. The van der Waals surface area contributed by atoms with E-state index in [9.17, 15) is 17.2 Å². The number of hydrogen-bond acceptors (Lipinski definition) is 6. The first-order valence-electron chi connectivity index (χ1n) is 7.42. The van der Waals surface area contributed by atoms with Crippen LogP contribution in [0.25, 0.3) is 0 Å². The van der Waals surface area contributed by atoms with Crippen molar-refractivity contribution in [3.63, 3.8) is 0 Å². The summed E-state index contributed by atoms with van der Waals surface area (Å²) in [6, 6.07) is 15.1. The number of fused-ring (bicyclic) bond motifs is 1. The molecule has 0 aromatic heterocycles. The quantitative estimate of drug-likeness (QED) is 0.648. The lowest BCUT2D eigenvalue weighted by atomic mass is 10.1. The number of hydrazine groups is 2. The summed E-state index contributed by atoms with van der Waals surface area (Å²) in [4.78, 5) is 0.0352. The Morgan fingerprint density at radius 1 is 1.20 bits per heavy atom. The lowest BCUT2D eigenvalue weighted by Crippen LogP contribution is -2.52. The highest BCUT2D eigenvalue weighted by molar-refractivity contribution is 7.90. The molecule has 3 N–H and O–H groups in total. The minimum Gasteiger partial charge on any atom is -0.305 e. The summed E-state index contributed by atoms with van der Waals surface area (Å²) >= 11 is -2.36. The van der Waals surface area contributed by atoms with Crippen LogP contribution in [-0.2, 0) is 21.1 Å². The number of hydrogen-bond donors (Lipinski definition) is 3. The minimum atomic E-state index is -4.04. The van der Waals surface area contributed by atoms with E-state index in [4.69, 9.17) is 0 Å². The van der Waals surface area contributed by atoms with Gasteiger partial charge in [-0.25, -0.2) is 12.6 Å². The fourth-order valence-corrected chi connectivity index (χ4v) is 4.93. The molecule has 0 aliphatic carbocycles. The van der Waals surface area contributed by atoms with Crippen molar-refractivity contribution in [3.8, 4) is 0 Å². The van der Waals surface area contributed by atoms with Crippen LogP contribution in [0.5, 0.6) is 0 Å². The fourth-order valence-electron chi connectivity index (χ4n) is 2.68. The molecule has 134 valence electrons. The Kier molecular flexibility index (Phi) is 5.18. The van der Waals surface area contributed by atoms with E-state index < -0.39 is 33.1 Å². The highest BCUT2D eigenvalue weighted by Crippen LogP contribution is 2.35. The van der Waals surface area contributed by atoms with Gasteiger partial charge in [0, 0.05) is 5.56 Å². The van der Waals surface area contributed by atoms with Gasteiger partial charge in [-0.2, -0.15) is 0 Å². The average molecular weight is 382 g/mol. The molecule has 1 heterocycles. The number of sulfonamides is 1. The van der Waals surface area contributed by atoms with Gasteiger partial charge >= 0.3 is 0 Å². The van der Waals surface area contributed by atoms with Crippen LogP contribution in [0.4, 0.5) is 5.69 Å². The van der Waals surface area contributed by atoms with E-state index in [0.717, 1.165) is 15.7 Å². The van der Waals surface area contributed by atoms with Crippen molar-refractivity contribution in [2.24, 2.45) is 0 Å². The van der Waals surface area contributed by atoms with Crippen molar-refractivity contribution in [1.29, 1.82) is 0 Å². The van der Waals surface area contributed by atoms with Crippen molar-refractivity contribution in [2.75, 3.05) is 18.4 Å². The molecule has 0 radical (unpaired) electrons. The zero-order chi connectivity index (χ0) is 18.0. The first-order chi connectivity index (χ1) is 11.9. The monoisotopic (exact) mass is 382 g/mol. The molecule has 2 aromatic carbocycles. The van der Waals surface area contributed by atoms with Crippen LogP contribution < -0.4 is 10.7 Å². The predicted molar refractivity (Wildman–Crippen MR) is 94.8 cm³/mol. The van der Waals surface area contributed by atoms with E-state index in [0.29, 0.717) is 0 Å². The molecule has 0 fully saturated rings. The van der Waals surface area contributed by atoms with Gasteiger partial charge in [-0.1, -0.05) is 40.8 Å². The SMILES string of the molecule is CNC1c2ccccc2NN1N(CS(=O)O)S(=O)(=O)c1ccccc1. The van der Waals surface area contributed by atoms with Crippen molar-refractivity contribution in [3.05, 3.63) is 60.2 Å². The predicted octanol–water partition coefficient (Wildman–Crippen LogP) is 1.33. The molecule has 0 saturated heterocycles. The van der Waals surface area contributed by atoms with Gasteiger partial charge < -0.3 is 9.98 Å². The van der Waals surface area contributed by atoms with Crippen LogP contribution in [0.1, 0.15) is 11.7 Å². The largest absolute Gasteiger partial charge is 0.305 e. The van der Waals surface area contributed by atoms with Gasteiger partial charge in [-0.15, -0.1) is 5.12 Å². The van der Waals surface area contributed by atoms with Gasteiger partial charge in [-0.3, -0.25) is 5.32 Å². The summed E-state index contributed by atoms with van der Waals surface area (Å²) in [5.41, 5.74) is 4.55. The van der Waals surface area contributed by atoms with E-state index in [1.807, 2.05) is 24.3 Å². The molecule has 1 aliphatic rings. The van der Waals surface area contributed by atoms with Gasteiger partial charge in [0.25, 0.3) is 10.0 Å². The second-order valence-electron chi connectivity index (χ2n) is 5.33. The summed E-state index contributed by atoms with van der Waals surface area (Å²) in [5, 5.41) is 4.34. The van der Waals surface area contributed by atoms with Crippen LogP contribution in [0.2, 0.25) is 0 Å². The fraction of sp³-hybridized carbons (Fsp3) is 0.200. The highest BCUT2D eigenvalue weighted by Gasteiger charge is 2.40. The number of nitrogens with zero attached hydrogens (tertiary/aromatic N) is 2. The van der Waals surface area contributed by atoms with Gasteiger partial charge in [-0.05, 0) is 25.2 Å². The number of para-hydroxylation sites is 1. The summed E-state index contributed by atoms with van der Waals surface area (Å²) in [7, 11) is -2.35. The Hall–Kier alpha value is -1.82. The van der Waals surface area contributed by atoms with Gasteiger partial charge in [0.15, 0.2) is 11.1 Å². The van der Waals surface area contributed by atoms with Crippen molar-refractivity contribution in [1.82, 2.24) is 14.8 Å². The molecule has 2 unspecified atom stereocenters. The van der Waals surface area contributed by atoms with Crippen molar-refractivity contribution < 1.29 is 17.2 Å². The van der Waals surface area contributed by atoms with E-state index in [-0.39, 0.29) is 4.90 Å². The Morgan fingerprint density at radius 3 is 2.48 bits per heavy atom. The molecule has 8 nitrogen and oxygen atoms in total. The van der Waals surface area contributed by atoms with E-state index >= 15 is 0 Å². The van der Waals surface area contributed by atoms with Crippen LogP contribution in [-0.4, -0.2) is 39.6 Å². The molecule has 3 rings (SSSR count). The molecular formula is C15H18N4O4S2. The highest BCUT2D eigenvalue weighted by atomic mass is 32.2. The third-order valence-corrected chi connectivity index (χ3v) is 6.14. The molecule has 25 heavy (non-hydrogen) atoms. The Labute approximate surface area is 148 Å². The molecule has 1 aliphatic heterocycles. The molecular weight excluding hydrogens is 364 g/mol. The maximum atomic E-state index is 13.0. The molecule has 0 bridgehead atoms. The summed E-state index contributed by atoms with van der Waals surface area (Å²) in [6.45, 7) is 0. The smallest absolute Gasteiger partial charge is 0.258 e. The summed E-state index contributed by atoms with van der Waals surface area (Å²) in [6.07, 6.45) is -0.516. The third-order valence-electron chi connectivity index (χ3n) is 3.79. The number of benzene rings is 2. The number of rotatable bonds is 6. The molecule has 2 aromatic rings. The van der Waals surface area contributed by atoms with Gasteiger partial charge in [0.2, 0.25) is 0 Å². The zero-order valence-electron chi connectivity index (χ0n) is 13.4. The Morgan fingerprint density at radius 2 is 1.84 bits per heavy atom. The van der Waals surface area contributed by atoms with E-state index in [2.05, 4.69) is 10.7 Å². The number of nitrogens with one attached hydrogen (secondary N) is 2. The molecule has 0 spiro atoms. The summed E-state index contributed by atoms with van der Waals surface area (Å²) < 4.78 is 47.8. The minimum absolute atomic E-state index is 0.0352. The van der Waals surface area contributed by atoms with Crippen LogP contribution in [0, 0.1) is 0 Å². The standard InChI is InChI=1S/C15H18N4O4S2/c1-16-15-13-9-5-6-10-14(13)17-19(15)18(11-24(20)21)25(22,23)12-7-3-2-4-8-12/h2-10,15-17H,11H2,1H3,(H,20,21). The second-order valence-corrected chi connectivity index (χ2v) is 8.07. The normalized spacial score (nSPS) is 18.8. The second kappa shape index (κ2) is 7.20. The summed E-state index contributed by atoms with van der Waals surface area (Å²) in [5.74, 6) is -0.601. The lowest BCUT2D eigenvalue weighted by Gasteiger charge is -2.33. The van der Waals surface area contributed by atoms with Crippen molar-refractivity contribution >= 4 is 26.8 Å². The molecule has 10 heteroatoms. The van der Waals surface area contributed by atoms with Gasteiger partial charge in [0.05, 0.1) is 10.6 Å². The van der Waals surface area contributed by atoms with Gasteiger partial charge in [0.1, 0.15) is 12.0 Å². The van der Waals surface area contributed by atoms with Crippen LogP contribution in [0.15, 0.2) is 59.5 Å². The topological polar surface area (TPSA) is 102 Å².